The van der Waals surface area contributed by atoms with Crippen LogP contribution in [0.2, 0.25) is 0 Å². The van der Waals surface area contributed by atoms with Crippen molar-refractivity contribution in [2.45, 2.75) is 87.1 Å². The van der Waals surface area contributed by atoms with Gasteiger partial charge in [-0.15, -0.1) is 0 Å². The molecule has 48 heavy (non-hydrogen) atoms. The average molecular weight is 668 g/mol. The predicted molar refractivity (Wildman–Crippen MR) is 164 cm³/mol. The highest BCUT2D eigenvalue weighted by molar-refractivity contribution is 5.97. The topological polar surface area (TPSA) is 138 Å². The largest absolute Gasteiger partial charge is 0.431 e. The minimum Gasteiger partial charge on any atom is -0.374 e. The molecule has 0 spiro atoms. The van der Waals surface area contributed by atoms with Crippen LogP contribution in [0.3, 0.4) is 0 Å². The van der Waals surface area contributed by atoms with Gasteiger partial charge in [0.25, 0.3) is 11.8 Å². The number of ether oxygens (including phenoxy) is 1. The number of rotatable bonds is 4. The van der Waals surface area contributed by atoms with Gasteiger partial charge in [0.1, 0.15) is 24.0 Å². The maximum Gasteiger partial charge on any atom is 0.431 e. The van der Waals surface area contributed by atoms with E-state index in [4.69, 9.17) is 4.74 Å². The van der Waals surface area contributed by atoms with Crippen LogP contribution >= 0.6 is 0 Å². The van der Waals surface area contributed by atoms with Crippen molar-refractivity contribution in [1.29, 1.82) is 0 Å². The molecule has 3 amide bonds. The number of hydrogen-bond acceptors (Lipinski definition) is 7. The first-order chi connectivity index (χ1) is 22.7. The number of piperidine rings is 1. The lowest BCUT2D eigenvalue weighted by Gasteiger charge is -2.49. The minimum atomic E-state index is -4.53. The smallest absolute Gasteiger partial charge is 0.374 e. The molecule has 11 nitrogen and oxygen atoms in total. The van der Waals surface area contributed by atoms with Crippen molar-refractivity contribution >= 4 is 28.6 Å². The van der Waals surface area contributed by atoms with Gasteiger partial charge in [0, 0.05) is 35.8 Å². The van der Waals surface area contributed by atoms with Crippen LogP contribution in [0.1, 0.15) is 54.5 Å². The zero-order valence-electron chi connectivity index (χ0n) is 26.3. The van der Waals surface area contributed by atoms with Gasteiger partial charge in [0.05, 0.1) is 5.92 Å². The molecule has 14 heteroatoms. The number of aliphatic hydroxyl groups is 2. The molecule has 3 aromatic rings. The van der Waals surface area contributed by atoms with Crippen LogP contribution < -0.4 is 5.32 Å². The Kier molecular flexibility index (Phi) is 6.85. The van der Waals surface area contributed by atoms with E-state index in [0.29, 0.717) is 17.3 Å². The van der Waals surface area contributed by atoms with Gasteiger partial charge in [-0.2, -0.15) is 13.2 Å². The molecule has 4 saturated heterocycles. The fourth-order valence-corrected chi connectivity index (χ4v) is 9.00. The molecule has 0 saturated carbocycles. The molecule has 4 aliphatic heterocycles. The van der Waals surface area contributed by atoms with Gasteiger partial charge >= 0.3 is 6.18 Å². The van der Waals surface area contributed by atoms with Crippen molar-refractivity contribution in [1.82, 2.24) is 25.0 Å². The second kappa shape index (κ2) is 10.5. The van der Waals surface area contributed by atoms with Gasteiger partial charge in [-0.25, -0.2) is 0 Å². The number of carbonyl (C=O) groups excluding carboxylic acids is 3. The number of aromatic amines is 1. The highest BCUT2D eigenvalue weighted by atomic mass is 19.4. The Labute approximate surface area is 273 Å². The monoisotopic (exact) mass is 667 g/mol. The lowest BCUT2D eigenvalue weighted by Crippen LogP contribution is -2.72. The Morgan fingerprint density at radius 2 is 1.88 bits per heavy atom. The van der Waals surface area contributed by atoms with Crippen molar-refractivity contribution in [2.24, 2.45) is 5.92 Å². The fraction of sp³-hybridized carbons (Fsp3) is 0.500. The maximum absolute atomic E-state index is 14.2. The van der Waals surface area contributed by atoms with E-state index in [9.17, 15) is 37.8 Å². The van der Waals surface area contributed by atoms with Crippen LogP contribution in [0, 0.1) is 5.92 Å². The van der Waals surface area contributed by atoms with Gasteiger partial charge in [-0.3, -0.25) is 24.0 Å². The average Bonchev–Trinajstić information content (AvgIpc) is 3.68. The Bertz CT molecular complexity index is 1830. The summed E-state index contributed by atoms with van der Waals surface area (Å²) in [6.07, 6.45) is -4.80. The summed E-state index contributed by atoms with van der Waals surface area (Å²) in [5.41, 5.74) is -0.683. The molecule has 0 bridgehead atoms. The number of nitrogens with zero attached hydrogens (tertiary/aromatic N) is 3. The molecule has 0 radical (unpaired) electrons. The summed E-state index contributed by atoms with van der Waals surface area (Å²) in [4.78, 5) is 48.7. The number of nitrogens with one attached hydrogen (secondary N) is 2. The minimum absolute atomic E-state index is 0.0519. The molecule has 5 aliphatic rings. The summed E-state index contributed by atoms with van der Waals surface area (Å²) in [5, 5.41) is 26.1. The van der Waals surface area contributed by atoms with E-state index in [1.54, 1.807) is 43.4 Å². The van der Waals surface area contributed by atoms with Gasteiger partial charge in [0.2, 0.25) is 17.5 Å². The number of fused-ring (bicyclic) bond motifs is 5. The summed E-state index contributed by atoms with van der Waals surface area (Å²) in [6.45, 7) is 1.57. The predicted octanol–water partition coefficient (Wildman–Crippen LogP) is 2.42. The number of halogens is 3. The summed E-state index contributed by atoms with van der Waals surface area (Å²) < 4.78 is 48.0. The third kappa shape index (κ3) is 4.45. The van der Waals surface area contributed by atoms with Crippen LogP contribution in [0.15, 0.2) is 48.5 Å². The first-order valence-electron chi connectivity index (χ1n) is 16.2. The second-order valence-electron chi connectivity index (χ2n) is 14.0. The molecular formula is C34H36F3N5O6. The van der Waals surface area contributed by atoms with E-state index in [2.05, 4.69) is 10.3 Å². The molecule has 2 aromatic carbocycles. The SMILES string of the molecule is CN1C[C@H](C(=O)N[C@]2(C)O[C@@]3(O)C4CC[C@@H](O)N4C(=O)[C@H](Cc4ccccc4)N3C2=O)CC2c3cccc4[nH]c(C(F)(F)F)c(c34)CC21. The van der Waals surface area contributed by atoms with Crippen LogP contribution in [-0.2, 0) is 38.1 Å². The lowest BCUT2D eigenvalue weighted by molar-refractivity contribution is -0.319. The summed E-state index contributed by atoms with van der Waals surface area (Å²) in [7, 11) is 1.78. The van der Waals surface area contributed by atoms with E-state index in [1.807, 2.05) is 17.0 Å². The highest BCUT2D eigenvalue weighted by Gasteiger charge is 2.71. The number of likely N-dealkylation sites (tertiary alicyclic amines) is 1. The Morgan fingerprint density at radius 3 is 2.60 bits per heavy atom. The van der Waals surface area contributed by atoms with Crippen LogP contribution in [0.5, 0.6) is 0 Å². The third-order valence-corrected chi connectivity index (χ3v) is 11.1. The van der Waals surface area contributed by atoms with Crippen molar-refractivity contribution in [2.75, 3.05) is 13.6 Å². The van der Waals surface area contributed by atoms with Gasteiger partial charge in [-0.05, 0) is 62.4 Å². The number of alkyl halides is 3. The van der Waals surface area contributed by atoms with E-state index in [0.717, 1.165) is 16.0 Å². The van der Waals surface area contributed by atoms with Gasteiger partial charge in [0.15, 0.2) is 0 Å². The Hall–Kier alpha value is -3.98. The Balaban J connectivity index is 1.08. The number of aromatic nitrogens is 1. The van der Waals surface area contributed by atoms with Gasteiger partial charge in [-0.1, -0.05) is 42.5 Å². The maximum atomic E-state index is 14.2. The van der Waals surface area contributed by atoms with E-state index in [1.165, 1.54) is 11.8 Å². The number of piperazine rings is 1. The standard InChI is InChI=1S/C34H36F3N5O6/c1-32(31(46)42-24(13-17-7-4-3-5-8-17)30(45)41-25(11-12-26(41)43)34(42,47)48-32)39-29(44)18-14-20-19-9-6-10-22-27(19)21(15-23(20)40(2)16-18)28(38-22)33(35,36)37/h3-10,18,20,23-26,38,43,47H,11-16H2,1-2H3,(H,39,44)/t18-,20?,23?,24+,25?,26-,32-,34+/m1/s1. The quantitative estimate of drug-likeness (QED) is 0.336. The molecule has 3 unspecified atom stereocenters. The molecule has 5 heterocycles. The molecule has 1 aliphatic carbocycles. The van der Waals surface area contributed by atoms with E-state index < -0.39 is 65.5 Å². The number of aliphatic hydroxyl groups excluding tert-OH is 1. The molecule has 1 aromatic heterocycles. The van der Waals surface area contributed by atoms with Crippen LogP contribution in [0.25, 0.3) is 10.9 Å². The fourth-order valence-electron chi connectivity index (χ4n) is 9.00. The molecule has 8 atom stereocenters. The molecule has 254 valence electrons. The number of amides is 3. The molecule has 8 rings (SSSR count). The third-order valence-electron chi connectivity index (χ3n) is 11.1. The summed E-state index contributed by atoms with van der Waals surface area (Å²) >= 11 is 0. The number of likely N-dealkylation sites (N-methyl/N-ethyl adjacent to an activating group) is 1. The second-order valence-corrected chi connectivity index (χ2v) is 14.0. The highest BCUT2D eigenvalue weighted by Crippen LogP contribution is 2.49. The first-order valence-corrected chi connectivity index (χ1v) is 16.2. The summed E-state index contributed by atoms with van der Waals surface area (Å²) in [6, 6.07) is 11.6. The zero-order valence-corrected chi connectivity index (χ0v) is 26.3. The van der Waals surface area contributed by atoms with Crippen LogP contribution in [0.4, 0.5) is 13.2 Å². The number of benzene rings is 2. The first kappa shape index (κ1) is 31.3. The molecular weight excluding hydrogens is 631 g/mol. The van der Waals surface area contributed by atoms with Crippen LogP contribution in [-0.4, -0.2) is 97.2 Å². The normalized spacial score (nSPS) is 34.7. The van der Waals surface area contributed by atoms with Crippen molar-refractivity contribution in [3.63, 3.8) is 0 Å². The van der Waals surface area contributed by atoms with Crippen molar-refractivity contribution < 1.29 is 42.5 Å². The van der Waals surface area contributed by atoms with E-state index in [-0.39, 0.29) is 49.8 Å². The molecule has 4 fully saturated rings. The Morgan fingerprint density at radius 1 is 1.12 bits per heavy atom. The number of H-pyrrole nitrogens is 1. The molecule has 4 N–H and O–H groups in total. The van der Waals surface area contributed by atoms with Gasteiger partial charge < -0.3 is 30.3 Å². The van der Waals surface area contributed by atoms with Crippen molar-refractivity contribution in [3.8, 4) is 0 Å². The zero-order chi connectivity index (χ0) is 33.9. The summed E-state index contributed by atoms with van der Waals surface area (Å²) in [5.74, 6) is -5.04. The van der Waals surface area contributed by atoms with Crippen molar-refractivity contribution in [3.05, 3.63) is 70.9 Å². The number of carbonyl (C=O) groups is 3. The van der Waals surface area contributed by atoms with E-state index >= 15 is 0 Å². The lowest BCUT2D eigenvalue weighted by atomic mass is 9.72. The number of hydrogen-bond donors (Lipinski definition) is 4.